The van der Waals surface area contributed by atoms with E-state index in [1.807, 2.05) is 18.2 Å². The molecule has 5 aliphatic rings. The smallest absolute Gasteiger partial charge is 0.189 e. The van der Waals surface area contributed by atoms with Crippen molar-refractivity contribution in [1.29, 1.82) is 0 Å². The van der Waals surface area contributed by atoms with Crippen molar-refractivity contribution in [2.75, 3.05) is 0 Å². The molecular weight excluding hydrogens is 334 g/mol. The number of hydrogen-bond donors (Lipinski definition) is 3. The Labute approximate surface area is 159 Å². The van der Waals surface area contributed by atoms with Gasteiger partial charge in [-0.1, -0.05) is 36.4 Å². The van der Waals surface area contributed by atoms with Crippen LogP contribution in [-0.2, 0) is 0 Å². The molecule has 0 heterocycles. The predicted molar refractivity (Wildman–Crippen MR) is 107 cm³/mol. The van der Waals surface area contributed by atoms with Crippen molar-refractivity contribution in [3.8, 4) is 0 Å². The van der Waals surface area contributed by atoms with Crippen LogP contribution < -0.4 is 11.1 Å². The molecule has 140 valence electrons. The van der Waals surface area contributed by atoms with Crippen LogP contribution in [0, 0.1) is 23.7 Å². The van der Waals surface area contributed by atoms with Crippen molar-refractivity contribution in [3.63, 3.8) is 0 Å². The highest BCUT2D eigenvalue weighted by Gasteiger charge is 2.48. The maximum absolute atomic E-state index is 10.9. The average molecular weight is 361 g/mol. The lowest BCUT2D eigenvalue weighted by molar-refractivity contribution is -0.00707. The maximum Gasteiger partial charge on any atom is 0.189 e. The quantitative estimate of drug-likeness (QED) is 0.565. The monoisotopic (exact) mass is 361 g/mol. The van der Waals surface area contributed by atoms with Gasteiger partial charge in [-0.3, -0.25) is 0 Å². The van der Waals surface area contributed by atoms with Crippen LogP contribution in [-0.4, -0.2) is 17.1 Å². The molecule has 2 aromatic rings. The summed E-state index contributed by atoms with van der Waals surface area (Å²) in [4.78, 5) is 4.78. The largest absolute Gasteiger partial charge is 0.386 e. The molecule has 0 aromatic heterocycles. The number of nitrogens with two attached hydrogens (primary N) is 1. The zero-order chi connectivity index (χ0) is 18.1. The summed E-state index contributed by atoms with van der Waals surface area (Å²) in [6, 6.07) is 12.5. The fourth-order valence-corrected chi connectivity index (χ4v) is 6.89. The van der Waals surface area contributed by atoms with E-state index in [2.05, 4.69) is 23.5 Å². The predicted octanol–water partition coefficient (Wildman–Crippen LogP) is 3.66. The van der Waals surface area contributed by atoms with E-state index >= 15 is 0 Å². The topological polar surface area (TPSA) is 70.6 Å². The zero-order valence-corrected chi connectivity index (χ0v) is 15.5. The van der Waals surface area contributed by atoms with Gasteiger partial charge in [0.05, 0.1) is 0 Å². The number of nitrogens with zero attached hydrogens (tertiary/aromatic N) is 1. The summed E-state index contributed by atoms with van der Waals surface area (Å²) in [5, 5.41) is 16.8. The molecule has 7 rings (SSSR count). The summed E-state index contributed by atoms with van der Waals surface area (Å²) in [5.41, 5.74) is 8.45. The van der Waals surface area contributed by atoms with Crippen LogP contribution in [0.2, 0.25) is 0 Å². The van der Waals surface area contributed by atoms with Crippen molar-refractivity contribution in [2.45, 2.75) is 50.3 Å². The molecule has 0 saturated heterocycles. The van der Waals surface area contributed by atoms with E-state index < -0.39 is 6.10 Å². The van der Waals surface area contributed by atoms with Crippen molar-refractivity contribution in [2.24, 2.45) is 34.4 Å². The van der Waals surface area contributed by atoms with Gasteiger partial charge in [0.15, 0.2) is 5.96 Å². The van der Waals surface area contributed by atoms with E-state index in [4.69, 9.17) is 10.7 Å². The summed E-state index contributed by atoms with van der Waals surface area (Å²) in [7, 11) is 0. The van der Waals surface area contributed by atoms with Crippen LogP contribution in [0.5, 0.6) is 0 Å². The molecule has 4 nitrogen and oxygen atoms in total. The number of benzene rings is 2. The fraction of sp³-hybridized carbons (Fsp3) is 0.522. The first-order valence-corrected chi connectivity index (χ1v) is 10.5. The van der Waals surface area contributed by atoms with Gasteiger partial charge in [-0.15, -0.1) is 0 Å². The summed E-state index contributed by atoms with van der Waals surface area (Å²) < 4.78 is 0. The molecule has 0 radical (unpaired) electrons. The number of aliphatic hydroxyl groups is 1. The van der Waals surface area contributed by atoms with Crippen LogP contribution in [0.3, 0.4) is 0 Å². The van der Waals surface area contributed by atoms with Crippen molar-refractivity contribution < 1.29 is 5.11 Å². The van der Waals surface area contributed by atoms with E-state index in [1.165, 1.54) is 32.1 Å². The summed E-state index contributed by atoms with van der Waals surface area (Å²) in [6.07, 6.45) is 6.26. The molecule has 27 heavy (non-hydrogen) atoms. The van der Waals surface area contributed by atoms with Gasteiger partial charge in [0, 0.05) is 6.04 Å². The highest BCUT2D eigenvalue weighted by Crippen LogP contribution is 2.53. The van der Waals surface area contributed by atoms with E-state index in [9.17, 15) is 5.11 Å². The molecule has 0 aliphatic heterocycles. The van der Waals surface area contributed by atoms with Crippen LogP contribution in [0.1, 0.15) is 55.4 Å². The zero-order valence-electron chi connectivity index (χ0n) is 15.5. The van der Waals surface area contributed by atoms with Crippen LogP contribution in [0.4, 0.5) is 0 Å². The molecule has 2 unspecified atom stereocenters. The molecule has 4 heteroatoms. The van der Waals surface area contributed by atoms with E-state index in [0.717, 1.165) is 45.6 Å². The Morgan fingerprint density at radius 3 is 2.22 bits per heavy atom. The fourth-order valence-electron chi connectivity index (χ4n) is 6.89. The van der Waals surface area contributed by atoms with Gasteiger partial charge in [0.1, 0.15) is 12.1 Å². The maximum atomic E-state index is 10.9. The first-order valence-electron chi connectivity index (χ1n) is 10.5. The first-order chi connectivity index (χ1) is 13.2. The summed E-state index contributed by atoms with van der Waals surface area (Å²) in [6.45, 7) is 0. The average Bonchev–Trinajstić information content (AvgIpc) is 2.92. The molecule has 2 atom stereocenters. The van der Waals surface area contributed by atoms with Crippen molar-refractivity contribution in [3.05, 3.63) is 47.5 Å². The van der Waals surface area contributed by atoms with Crippen LogP contribution in [0.25, 0.3) is 10.8 Å². The van der Waals surface area contributed by atoms with Gasteiger partial charge in [0.2, 0.25) is 0 Å². The standard InChI is InChI=1S/C23H27N3O/c24-23(25-20-15-8-12-7-13(10-15)11-16(20)9-12)26-21-17-5-1-3-14-4-2-6-18(19(14)17)22(21)27/h1-6,12-13,15-16,20-22,27H,7-11H2,(H3,24,25,26). The molecular formula is C23H27N3O. The SMILES string of the molecule is NC(=NC1c2cccc3cccc(c23)C1O)NC1C2CC3CC(C2)CC1C3. The van der Waals surface area contributed by atoms with E-state index in [-0.39, 0.29) is 6.04 Å². The highest BCUT2D eigenvalue weighted by molar-refractivity contribution is 5.92. The second-order valence-corrected chi connectivity index (χ2v) is 9.30. The molecule has 4 saturated carbocycles. The molecule has 4 N–H and O–H groups in total. The molecule has 0 amide bonds. The first kappa shape index (κ1) is 15.9. The lowest BCUT2D eigenvalue weighted by Crippen LogP contribution is -2.57. The van der Waals surface area contributed by atoms with Gasteiger partial charge in [-0.2, -0.15) is 0 Å². The van der Waals surface area contributed by atoms with E-state index in [0.29, 0.717) is 12.0 Å². The van der Waals surface area contributed by atoms with Crippen molar-refractivity contribution >= 4 is 16.7 Å². The normalized spacial score (nSPS) is 39.3. The Morgan fingerprint density at radius 2 is 1.56 bits per heavy atom. The number of aliphatic imine (C=N–C) groups is 1. The number of nitrogens with one attached hydrogen (secondary N) is 1. The molecule has 2 aromatic carbocycles. The van der Waals surface area contributed by atoms with Gasteiger partial charge in [0.25, 0.3) is 0 Å². The number of aliphatic hydroxyl groups excluding tert-OH is 1. The highest BCUT2D eigenvalue weighted by atomic mass is 16.3. The molecule has 5 aliphatic carbocycles. The van der Waals surface area contributed by atoms with Crippen LogP contribution in [0.15, 0.2) is 41.4 Å². The Kier molecular flexibility index (Phi) is 3.37. The third-order valence-corrected chi connectivity index (χ3v) is 7.72. The second-order valence-electron chi connectivity index (χ2n) is 9.30. The summed E-state index contributed by atoms with van der Waals surface area (Å²) in [5.74, 6) is 3.91. The minimum atomic E-state index is -0.620. The Bertz CT molecular complexity index is 903. The van der Waals surface area contributed by atoms with Crippen LogP contribution >= 0.6 is 0 Å². The molecule has 4 fully saturated rings. The minimum Gasteiger partial charge on any atom is -0.386 e. The Hall–Kier alpha value is -2.07. The van der Waals surface area contributed by atoms with Gasteiger partial charge in [-0.05, 0) is 77.7 Å². The second kappa shape index (κ2) is 5.71. The third kappa shape index (κ3) is 2.35. The molecule has 4 bridgehead atoms. The number of hydrogen-bond acceptors (Lipinski definition) is 2. The summed E-state index contributed by atoms with van der Waals surface area (Å²) >= 11 is 0. The Balaban J connectivity index is 1.28. The van der Waals surface area contributed by atoms with Gasteiger partial charge in [-0.25, -0.2) is 4.99 Å². The Morgan fingerprint density at radius 1 is 0.926 bits per heavy atom. The third-order valence-electron chi connectivity index (χ3n) is 7.72. The lowest BCUT2D eigenvalue weighted by atomic mass is 9.54. The minimum absolute atomic E-state index is 0.310. The van der Waals surface area contributed by atoms with Crippen molar-refractivity contribution in [1.82, 2.24) is 5.32 Å². The van der Waals surface area contributed by atoms with E-state index in [1.54, 1.807) is 0 Å². The lowest BCUT2D eigenvalue weighted by Gasteiger charge is -2.54. The number of guanidine groups is 1. The number of rotatable bonds is 2. The van der Waals surface area contributed by atoms with Gasteiger partial charge < -0.3 is 16.2 Å². The molecule has 0 spiro atoms. The van der Waals surface area contributed by atoms with Gasteiger partial charge >= 0.3 is 0 Å².